The molecule has 0 saturated heterocycles. The number of methoxy groups -OCH3 is 1. The molecule has 0 bridgehead atoms. The molecule has 2 rings (SSSR count). The molecule has 20 heavy (non-hydrogen) atoms. The van der Waals surface area contributed by atoms with Gasteiger partial charge in [-0.25, -0.2) is 4.79 Å². The molecule has 108 valence electrons. The lowest BCUT2D eigenvalue weighted by molar-refractivity contribution is -0.150. The molecule has 0 aliphatic heterocycles. The van der Waals surface area contributed by atoms with E-state index >= 15 is 0 Å². The van der Waals surface area contributed by atoms with Crippen molar-refractivity contribution >= 4 is 11.9 Å². The van der Waals surface area contributed by atoms with Crippen LogP contribution in [-0.2, 0) is 9.53 Å². The lowest BCUT2D eigenvalue weighted by atomic mass is 9.80. The van der Waals surface area contributed by atoms with Crippen LogP contribution in [0.5, 0.6) is 0 Å². The summed E-state index contributed by atoms with van der Waals surface area (Å²) < 4.78 is 4.83. The molecule has 0 spiro atoms. The van der Waals surface area contributed by atoms with Crippen LogP contribution < -0.4 is 5.32 Å². The number of carbonyl (C=O) groups is 2. The largest absolute Gasteiger partial charge is 0.467 e. The minimum Gasteiger partial charge on any atom is -0.467 e. The molecule has 1 aromatic carbocycles. The van der Waals surface area contributed by atoms with Gasteiger partial charge in [-0.15, -0.1) is 0 Å². The normalized spacial score (nSPS) is 25.8. The van der Waals surface area contributed by atoms with Crippen molar-refractivity contribution < 1.29 is 19.4 Å². The number of benzene rings is 1. The second-order valence-electron chi connectivity index (χ2n) is 5.13. The standard InChI is InChI=1S/C15H19NO4/c1-20-14(19)15(9-7-12(17)8-10-15)16-13(18)11-5-3-2-4-6-11/h2-6,12,17H,7-10H2,1H3,(H,16,18). The van der Waals surface area contributed by atoms with E-state index < -0.39 is 17.6 Å². The average Bonchev–Trinajstić information content (AvgIpc) is 2.49. The summed E-state index contributed by atoms with van der Waals surface area (Å²) in [6.07, 6.45) is 1.31. The fourth-order valence-electron chi connectivity index (χ4n) is 2.55. The summed E-state index contributed by atoms with van der Waals surface area (Å²) in [4.78, 5) is 24.3. The number of aliphatic hydroxyl groups is 1. The zero-order valence-corrected chi connectivity index (χ0v) is 11.5. The molecule has 1 amide bonds. The Kier molecular flexibility index (Phi) is 4.39. The molecule has 5 nitrogen and oxygen atoms in total. The molecule has 1 aliphatic rings. The Morgan fingerprint density at radius 2 is 1.85 bits per heavy atom. The van der Waals surface area contributed by atoms with E-state index in [1.54, 1.807) is 24.3 Å². The van der Waals surface area contributed by atoms with Crippen molar-refractivity contribution in [1.29, 1.82) is 0 Å². The molecule has 0 aromatic heterocycles. The molecule has 0 heterocycles. The van der Waals surface area contributed by atoms with Gasteiger partial charge in [0.25, 0.3) is 5.91 Å². The van der Waals surface area contributed by atoms with Crippen LogP contribution in [0.25, 0.3) is 0 Å². The number of rotatable bonds is 3. The maximum absolute atomic E-state index is 12.2. The molecule has 1 aromatic rings. The van der Waals surface area contributed by atoms with Gasteiger partial charge in [-0.1, -0.05) is 18.2 Å². The van der Waals surface area contributed by atoms with Gasteiger partial charge in [0.1, 0.15) is 5.54 Å². The van der Waals surface area contributed by atoms with Crippen LogP contribution in [0.1, 0.15) is 36.0 Å². The van der Waals surface area contributed by atoms with E-state index in [0.717, 1.165) is 0 Å². The first kappa shape index (κ1) is 14.5. The monoisotopic (exact) mass is 277 g/mol. The first-order valence-electron chi connectivity index (χ1n) is 6.71. The minimum absolute atomic E-state index is 0.299. The van der Waals surface area contributed by atoms with Gasteiger partial charge >= 0.3 is 5.97 Å². The molecule has 5 heteroatoms. The third kappa shape index (κ3) is 2.99. The topological polar surface area (TPSA) is 75.6 Å². The van der Waals surface area contributed by atoms with Gasteiger partial charge in [-0.3, -0.25) is 4.79 Å². The Labute approximate surface area is 117 Å². The zero-order chi connectivity index (χ0) is 14.6. The summed E-state index contributed by atoms with van der Waals surface area (Å²) in [5.41, 5.74) is -0.525. The van der Waals surface area contributed by atoms with Crippen molar-refractivity contribution in [1.82, 2.24) is 5.32 Å². The van der Waals surface area contributed by atoms with Gasteiger partial charge in [0.05, 0.1) is 13.2 Å². The average molecular weight is 277 g/mol. The Morgan fingerprint density at radius 3 is 2.40 bits per heavy atom. The molecular formula is C15H19NO4. The third-order valence-corrected chi connectivity index (χ3v) is 3.77. The van der Waals surface area contributed by atoms with E-state index in [9.17, 15) is 14.7 Å². The summed E-state index contributed by atoms with van der Waals surface area (Å²) >= 11 is 0. The summed E-state index contributed by atoms with van der Waals surface area (Å²) in [5, 5.41) is 12.4. The van der Waals surface area contributed by atoms with Crippen molar-refractivity contribution in [2.45, 2.75) is 37.3 Å². The number of ether oxygens (including phenoxy) is 1. The number of hydrogen-bond acceptors (Lipinski definition) is 4. The Balaban J connectivity index is 2.17. The van der Waals surface area contributed by atoms with Gasteiger partial charge in [0.15, 0.2) is 0 Å². The number of aliphatic hydroxyl groups excluding tert-OH is 1. The number of hydrogen-bond donors (Lipinski definition) is 2. The number of carbonyl (C=O) groups excluding carboxylic acids is 2. The van der Waals surface area contributed by atoms with E-state index in [4.69, 9.17) is 4.74 Å². The van der Waals surface area contributed by atoms with Crippen LogP contribution in [0, 0.1) is 0 Å². The summed E-state index contributed by atoms with van der Waals surface area (Å²) in [5.74, 6) is -0.749. The lowest BCUT2D eigenvalue weighted by Gasteiger charge is -2.36. The Bertz CT molecular complexity index is 478. The van der Waals surface area contributed by atoms with Crippen molar-refractivity contribution in [2.75, 3.05) is 7.11 Å². The number of amides is 1. The fraction of sp³-hybridized carbons (Fsp3) is 0.467. The van der Waals surface area contributed by atoms with Gasteiger partial charge in [-0.2, -0.15) is 0 Å². The van der Waals surface area contributed by atoms with E-state index in [0.29, 0.717) is 31.2 Å². The van der Waals surface area contributed by atoms with E-state index in [1.165, 1.54) is 7.11 Å². The molecule has 1 fully saturated rings. The summed E-state index contributed by atoms with van der Waals surface area (Å²) in [6, 6.07) is 8.74. The lowest BCUT2D eigenvalue weighted by Crippen LogP contribution is -2.57. The Hall–Kier alpha value is -1.88. The second kappa shape index (κ2) is 6.05. The van der Waals surface area contributed by atoms with E-state index in [1.807, 2.05) is 6.07 Å². The highest BCUT2D eigenvalue weighted by atomic mass is 16.5. The molecule has 0 atom stereocenters. The quantitative estimate of drug-likeness (QED) is 0.816. The molecule has 1 aliphatic carbocycles. The first-order chi connectivity index (χ1) is 9.57. The maximum Gasteiger partial charge on any atom is 0.331 e. The Morgan fingerprint density at radius 1 is 1.25 bits per heavy atom. The van der Waals surface area contributed by atoms with Gasteiger partial charge in [0, 0.05) is 5.56 Å². The summed E-state index contributed by atoms with van der Waals surface area (Å²) in [7, 11) is 1.31. The SMILES string of the molecule is COC(=O)C1(NC(=O)c2ccccc2)CCC(O)CC1. The van der Waals surface area contributed by atoms with E-state index in [-0.39, 0.29) is 5.91 Å². The highest BCUT2D eigenvalue weighted by Crippen LogP contribution is 2.30. The minimum atomic E-state index is -1.03. The first-order valence-corrected chi connectivity index (χ1v) is 6.71. The van der Waals surface area contributed by atoms with Crippen LogP contribution in [-0.4, -0.2) is 35.7 Å². The van der Waals surface area contributed by atoms with Crippen LogP contribution >= 0.6 is 0 Å². The van der Waals surface area contributed by atoms with Gasteiger partial charge in [0.2, 0.25) is 0 Å². The molecule has 0 unspecified atom stereocenters. The van der Waals surface area contributed by atoms with Crippen LogP contribution in [0.15, 0.2) is 30.3 Å². The highest BCUT2D eigenvalue weighted by Gasteiger charge is 2.43. The second-order valence-corrected chi connectivity index (χ2v) is 5.13. The third-order valence-electron chi connectivity index (χ3n) is 3.77. The molecule has 2 N–H and O–H groups in total. The van der Waals surface area contributed by atoms with Crippen molar-refractivity contribution in [3.05, 3.63) is 35.9 Å². The van der Waals surface area contributed by atoms with Crippen LogP contribution in [0.3, 0.4) is 0 Å². The van der Waals surface area contributed by atoms with Gasteiger partial charge in [-0.05, 0) is 37.8 Å². The predicted octanol–water partition coefficient (Wildman–Crippen LogP) is 1.26. The number of nitrogens with one attached hydrogen (secondary N) is 1. The van der Waals surface area contributed by atoms with Crippen molar-refractivity contribution in [3.63, 3.8) is 0 Å². The fourth-order valence-corrected chi connectivity index (χ4v) is 2.55. The van der Waals surface area contributed by atoms with Crippen molar-refractivity contribution in [3.8, 4) is 0 Å². The zero-order valence-electron chi connectivity index (χ0n) is 11.5. The number of esters is 1. The van der Waals surface area contributed by atoms with E-state index in [2.05, 4.69) is 5.32 Å². The van der Waals surface area contributed by atoms with Gasteiger partial charge < -0.3 is 15.2 Å². The maximum atomic E-state index is 12.2. The van der Waals surface area contributed by atoms with Crippen LogP contribution in [0.4, 0.5) is 0 Å². The molecule has 1 saturated carbocycles. The predicted molar refractivity (Wildman–Crippen MR) is 73.1 cm³/mol. The summed E-state index contributed by atoms with van der Waals surface area (Å²) in [6.45, 7) is 0. The van der Waals surface area contributed by atoms with Crippen molar-refractivity contribution in [2.24, 2.45) is 0 Å². The van der Waals surface area contributed by atoms with Crippen LogP contribution in [0.2, 0.25) is 0 Å². The highest BCUT2D eigenvalue weighted by molar-refractivity contribution is 5.98. The molecular weight excluding hydrogens is 258 g/mol. The smallest absolute Gasteiger partial charge is 0.331 e. The molecule has 0 radical (unpaired) electrons.